The number of amides is 2. The summed E-state index contributed by atoms with van der Waals surface area (Å²) in [4.78, 5) is 29.9. The van der Waals surface area contributed by atoms with E-state index in [1.807, 2.05) is 0 Å². The van der Waals surface area contributed by atoms with Crippen LogP contribution in [0.25, 0.3) is 9.95 Å². The number of nitrogens with one attached hydrogen (secondary N) is 2. The van der Waals surface area contributed by atoms with Crippen LogP contribution in [0.2, 0.25) is 0 Å². The summed E-state index contributed by atoms with van der Waals surface area (Å²) >= 11 is 0. The molecule has 316 valence electrons. The Labute approximate surface area is 336 Å². The second-order valence-corrected chi connectivity index (χ2v) is 18.0. The van der Waals surface area contributed by atoms with Crippen molar-refractivity contribution in [1.82, 2.24) is 0 Å². The Bertz CT molecular complexity index is 2600. The van der Waals surface area contributed by atoms with Crippen LogP contribution in [-0.4, -0.2) is 96.8 Å². The Kier molecular flexibility index (Phi) is 17.8. The van der Waals surface area contributed by atoms with Gasteiger partial charge >= 0.3 is 21.8 Å². The highest BCUT2D eigenvalue weighted by molar-refractivity contribution is 7.91. The van der Waals surface area contributed by atoms with Gasteiger partial charge in [0, 0.05) is 46.8 Å². The summed E-state index contributed by atoms with van der Waals surface area (Å²) in [6.07, 6.45) is 0. The van der Waals surface area contributed by atoms with E-state index in [1.54, 1.807) is 0 Å². The maximum absolute atomic E-state index is 12.2. The molecule has 0 aromatic heterocycles. The molecule has 59 heavy (non-hydrogen) atoms. The first-order valence-electron chi connectivity index (χ1n) is 15.3. The molecule has 4 N–H and O–H groups in total. The van der Waals surface area contributed by atoms with Crippen molar-refractivity contribution in [2.45, 2.75) is 9.79 Å². The van der Waals surface area contributed by atoms with E-state index in [1.165, 1.54) is 97.1 Å². The highest BCUT2D eigenvalue weighted by Crippen LogP contribution is 2.21. The predicted octanol–water partition coefficient (Wildman–Crippen LogP) is 2.70. The minimum Gasteiger partial charge on any atom is -0.726 e. The second kappa shape index (κ2) is 21.3. The lowest BCUT2D eigenvalue weighted by Crippen LogP contribution is -2.16. The molecule has 0 fully saturated rings. The van der Waals surface area contributed by atoms with Crippen LogP contribution in [0, 0.1) is 10.8 Å². The van der Waals surface area contributed by atoms with Crippen LogP contribution >= 0.6 is 0 Å². The molecule has 0 unspecified atom stereocenters. The Balaban J connectivity index is 0.000000365. The third-order valence-electron chi connectivity index (χ3n) is 6.55. The highest BCUT2D eigenvalue weighted by atomic mass is 32.3. The van der Waals surface area contributed by atoms with E-state index in [2.05, 4.69) is 29.0 Å². The fourth-order valence-electron chi connectivity index (χ4n) is 4.03. The zero-order chi connectivity index (χ0) is 44.7. The first-order valence-corrected chi connectivity index (χ1v) is 22.7. The van der Waals surface area contributed by atoms with E-state index in [0.29, 0.717) is 0 Å². The van der Waals surface area contributed by atoms with E-state index in [4.69, 9.17) is 28.3 Å². The van der Waals surface area contributed by atoms with Gasteiger partial charge in [-0.05, 0) is 60.7 Å². The van der Waals surface area contributed by atoms with E-state index in [0.717, 1.165) is 0 Å². The van der Waals surface area contributed by atoms with Gasteiger partial charge in [-0.15, -0.1) is 0 Å². The molecular formula is C30H28N6O18S5. The molecule has 0 saturated heterocycles. The number of rotatable bonds is 14. The number of benzene rings is 4. The summed E-state index contributed by atoms with van der Waals surface area (Å²) in [5.74, 6) is -2.49. The molecule has 4 rings (SSSR count). The summed E-state index contributed by atoms with van der Waals surface area (Å²) in [6.45, 7) is -1.62. The van der Waals surface area contributed by atoms with Crippen molar-refractivity contribution in [1.29, 1.82) is 10.8 Å². The molecule has 24 nitrogen and oxygen atoms in total. The van der Waals surface area contributed by atoms with Crippen molar-refractivity contribution in [3.05, 3.63) is 118 Å². The minimum atomic E-state index is -4.98. The summed E-state index contributed by atoms with van der Waals surface area (Å²) in [5.41, 5.74) is 1.42. The minimum absolute atomic E-state index is 0.179. The third kappa shape index (κ3) is 19.4. The van der Waals surface area contributed by atoms with Gasteiger partial charge in [0.05, 0.1) is 34.5 Å². The van der Waals surface area contributed by atoms with Crippen LogP contribution in [0.1, 0.15) is 20.7 Å². The maximum atomic E-state index is 12.2. The lowest BCUT2D eigenvalue weighted by molar-refractivity contribution is 0.101. The van der Waals surface area contributed by atoms with Gasteiger partial charge in [0.15, 0.2) is 29.6 Å². The van der Waals surface area contributed by atoms with Gasteiger partial charge in [0.1, 0.15) is 0 Å². The number of anilines is 2. The molecule has 0 atom stereocenters. The lowest BCUT2D eigenvalue weighted by atomic mass is 10.2. The Hall–Kier alpha value is -5.83. The Morgan fingerprint density at radius 1 is 0.559 bits per heavy atom. The average Bonchev–Trinajstić information content (AvgIpc) is 3.13. The van der Waals surface area contributed by atoms with Crippen LogP contribution < -0.4 is 10.6 Å². The molecule has 0 bridgehead atoms. The quantitative estimate of drug-likeness (QED) is 0.0802. The molecule has 0 aliphatic carbocycles. The van der Waals surface area contributed by atoms with E-state index < -0.39 is 87.4 Å². The smallest absolute Gasteiger partial charge is 0.394 e. The molecule has 29 heteroatoms. The van der Waals surface area contributed by atoms with Gasteiger partial charge in [-0.1, -0.05) is 12.1 Å². The molecule has 0 aliphatic heterocycles. The number of hydrogen-bond acceptors (Lipinski definition) is 18. The second-order valence-electron chi connectivity index (χ2n) is 10.8. The number of sulfone groups is 2. The summed E-state index contributed by atoms with van der Waals surface area (Å²) in [7, 11) is -22.5. The van der Waals surface area contributed by atoms with Gasteiger partial charge in [-0.2, -0.15) is 8.42 Å². The van der Waals surface area contributed by atoms with Gasteiger partial charge < -0.3 is 19.7 Å². The molecule has 0 saturated carbocycles. The number of carbonyl (C=O) groups is 2. The Morgan fingerprint density at radius 3 is 1.14 bits per heavy atom. The van der Waals surface area contributed by atoms with Crippen molar-refractivity contribution < 1.29 is 78.3 Å². The van der Waals surface area contributed by atoms with Crippen molar-refractivity contribution in [2.24, 2.45) is 0 Å². The van der Waals surface area contributed by atoms with Crippen molar-refractivity contribution in [2.75, 3.05) is 35.4 Å². The largest absolute Gasteiger partial charge is 0.726 e. The normalized spacial score (nSPS) is 11.6. The molecule has 4 aromatic carbocycles. The molecule has 0 spiro atoms. The molecular weight excluding hydrogens is 893 g/mol. The van der Waals surface area contributed by atoms with Gasteiger partial charge in [0.2, 0.25) is 31.6 Å². The average molecular weight is 921 g/mol. The van der Waals surface area contributed by atoms with Gasteiger partial charge in [-0.25, -0.2) is 33.7 Å². The van der Waals surface area contributed by atoms with Crippen LogP contribution in [0.15, 0.2) is 107 Å². The zero-order valence-electron chi connectivity index (χ0n) is 29.3. The van der Waals surface area contributed by atoms with E-state index >= 15 is 0 Å². The van der Waals surface area contributed by atoms with Crippen LogP contribution in [-0.2, 0) is 59.2 Å². The number of diazo groups is 2. The third-order valence-corrected chi connectivity index (χ3v) is 10.8. The van der Waals surface area contributed by atoms with Crippen LogP contribution in [0.3, 0.4) is 0 Å². The monoisotopic (exact) mass is 920 g/mol. The first kappa shape index (κ1) is 49.3. The predicted molar refractivity (Wildman–Crippen MR) is 201 cm³/mol. The standard InChI is InChI=1S/2C15H13N3O7S2.H2O4S/c2*16-18-12-6-4-11(5-7-12)15(19)17-13-2-1-3-14(10-13)26(20,21)9-8-25-27(22,23)24;1-5(2,3)4/h2*1-7,10H,8-9H2,(H-,17,19,22,23,24);(H2,1,2,3,4). The summed E-state index contributed by atoms with van der Waals surface area (Å²) < 4.78 is 150. The summed E-state index contributed by atoms with van der Waals surface area (Å²) in [6, 6.07) is 22.0. The SMILES string of the molecule is N#[N+]c1ccc(C(=O)Nc2cccc(S(=O)(=O)CCOS(=O)(=O)[O-])c2)cc1.N#[N+]c1ccc(C(=O)Nc2cccc(S(=O)(=O)CCOS(=O)(=O)[O-])c2)cc1.O=S(=O)(O)O. The lowest BCUT2D eigenvalue weighted by Gasteiger charge is -2.10. The van der Waals surface area contributed by atoms with E-state index in [-0.39, 0.29) is 43.7 Å². The number of hydrogen-bond donors (Lipinski definition) is 4. The number of nitrogens with zero attached hydrogens (tertiary/aromatic N) is 4. The maximum Gasteiger partial charge on any atom is 0.394 e. The molecule has 0 heterocycles. The molecule has 0 radical (unpaired) electrons. The summed E-state index contributed by atoms with van der Waals surface area (Å²) in [5, 5.41) is 22.3. The van der Waals surface area contributed by atoms with Crippen molar-refractivity contribution >= 4 is 85.4 Å². The Morgan fingerprint density at radius 2 is 0.864 bits per heavy atom. The topological polar surface area (TPSA) is 390 Å². The van der Waals surface area contributed by atoms with Gasteiger partial charge in [-0.3, -0.25) is 27.1 Å². The molecule has 2 amide bonds. The molecule has 0 aliphatic rings. The van der Waals surface area contributed by atoms with Gasteiger partial charge in [0.25, 0.3) is 11.8 Å². The first-order chi connectivity index (χ1) is 27.2. The molecule has 4 aromatic rings. The number of carbonyl (C=O) groups excluding carboxylic acids is 2. The van der Waals surface area contributed by atoms with E-state index in [9.17, 15) is 52.4 Å². The van der Waals surface area contributed by atoms with Crippen LogP contribution in [0.5, 0.6) is 0 Å². The van der Waals surface area contributed by atoms with Crippen molar-refractivity contribution in [3.8, 4) is 0 Å². The van der Waals surface area contributed by atoms with Crippen LogP contribution in [0.4, 0.5) is 22.7 Å². The fraction of sp³-hybridized carbons (Fsp3) is 0.133. The van der Waals surface area contributed by atoms with Crippen molar-refractivity contribution in [3.63, 3.8) is 0 Å². The highest BCUT2D eigenvalue weighted by Gasteiger charge is 2.18. The zero-order valence-corrected chi connectivity index (χ0v) is 33.4. The fourth-order valence-corrected chi connectivity index (χ4v) is 7.08.